The number of aliphatic hydroxyl groups excluding tert-OH is 2. The topological polar surface area (TPSA) is 172 Å². The van der Waals surface area contributed by atoms with E-state index in [1.54, 1.807) is 0 Å². The highest BCUT2D eigenvalue weighted by atomic mass is 32.1. The van der Waals surface area contributed by atoms with Gasteiger partial charge in [-0.2, -0.15) is 0 Å². The third-order valence-electron chi connectivity index (χ3n) is 2.79. The third-order valence-corrected chi connectivity index (χ3v) is 4.18. The number of nitrogens with zero attached hydrogens (tertiary/aromatic N) is 1. The maximum atomic E-state index is 11.0. The minimum Gasteiger partial charge on any atom is -0.387 e. The molecule has 4 atom stereocenters. The molecule has 1 saturated heterocycles. The molecule has 10 nitrogen and oxygen atoms in total. The highest BCUT2D eigenvalue weighted by molar-refractivity contribution is 7.46. The summed E-state index contributed by atoms with van der Waals surface area (Å²) in [6, 6.07) is 0. The van der Waals surface area contributed by atoms with Crippen LogP contribution in [0.25, 0.3) is 0 Å². The minimum atomic E-state index is -4.71. The molecule has 12 heteroatoms. The molecule has 0 aliphatic carbocycles. The molecule has 1 amide bonds. The first-order valence-electron chi connectivity index (χ1n) is 5.66. The molecule has 1 aromatic heterocycles. The Kier molecular flexibility index (Phi) is 4.76. The number of hydrogen-bond donors (Lipinski definition) is 5. The lowest BCUT2D eigenvalue weighted by atomic mass is 10.1. The van der Waals surface area contributed by atoms with Crippen LogP contribution in [0.2, 0.25) is 0 Å². The highest BCUT2D eigenvalue weighted by Crippen LogP contribution is 2.39. The highest BCUT2D eigenvalue weighted by Gasteiger charge is 2.45. The van der Waals surface area contributed by atoms with Crippen molar-refractivity contribution in [3.63, 3.8) is 0 Å². The minimum absolute atomic E-state index is 0.00444. The quantitative estimate of drug-likeness (QED) is 0.400. The van der Waals surface area contributed by atoms with E-state index < -0.39 is 44.8 Å². The summed E-state index contributed by atoms with van der Waals surface area (Å²) in [5.74, 6) is -0.744. The molecule has 0 unspecified atom stereocenters. The van der Waals surface area contributed by atoms with Gasteiger partial charge >= 0.3 is 7.82 Å². The van der Waals surface area contributed by atoms with Crippen molar-refractivity contribution in [2.24, 2.45) is 5.73 Å². The first-order valence-corrected chi connectivity index (χ1v) is 8.07. The van der Waals surface area contributed by atoms with E-state index in [0.29, 0.717) is 0 Å². The number of aliphatic hydroxyl groups is 2. The van der Waals surface area contributed by atoms with E-state index in [0.717, 1.165) is 11.3 Å². The number of phosphoric ester groups is 1. The van der Waals surface area contributed by atoms with Crippen molar-refractivity contribution in [2.45, 2.75) is 24.4 Å². The lowest BCUT2D eigenvalue weighted by Gasteiger charge is -2.14. The zero-order valence-electron chi connectivity index (χ0n) is 10.4. The summed E-state index contributed by atoms with van der Waals surface area (Å²) in [7, 11) is -4.71. The molecule has 1 aromatic rings. The monoisotopic (exact) mass is 340 g/mol. The summed E-state index contributed by atoms with van der Waals surface area (Å²) in [6.07, 6.45) is -4.97. The van der Waals surface area contributed by atoms with Crippen LogP contribution in [0.1, 0.15) is 21.6 Å². The van der Waals surface area contributed by atoms with E-state index in [1.807, 2.05) is 0 Å². The average Bonchev–Trinajstić information content (AvgIpc) is 2.94. The molecule has 0 saturated carbocycles. The van der Waals surface area contributed by atoms with Gasteiger partial charge in [-0.25, -0.2) is 9.55 Å². The van der Waals surface area contributed by atoms with Gasteiger partial charge in [0.2, 0.25) is 0 Å². The number of aromatic nitrogens is 1. The summed E-state index contributed by atoms with van der Waals surface area (Å²) >= 11 is 1.00. The van der Waals surface area contributed by atoms with Gasteiger partial charge in [0.15, 0.2) is 0 Å². The normalized spacial score (nSPS) is 29.7. The second-order valence-electron chi connectivity index (χ2n) is 4.30. The SMILES string of the molecule is NC(=O)c1csc([C@@H]2O[C@H](COP(=O)(O)O)[C@@H](O)[C@H]2O)n1. The van der Waals surface area contributed by atoms with Crippen LogP contribution in [0.5, 0.6) is 0 Å². The molecule has 1 fully saturated rings. The van der Waals surface area contributed by atoms with Gasteiger partial charge in [-0.3, -0.25) is 9.32 Å². The Morgan fingerprint density at radius 3 is 2.67 bits per heavy atom. The summed E-state index contributed by atoms with van der Waals surface area (Å²) in [5, 5.41) is 21.3. The zero-order chi connectivity index (χ0) is 15.8. The number of nitrogens with two attached hydrogens (primary N) is 1. The number of carbonyl (C=O) groups is 1. The van der Waals surface area contributed by atoms with Gasteiger partial charge in [0, 0.05) is 5.38 Å². The molecule has 0 aromatic carbocycles. The Bertz CT molecular complexity index is 574. The zero-order valence-corrected chi connectivity index (χ0v) is 12.1. The summed E-state index contributed by atoms with van der Waals surface area (Å²) in [5.41, 5.74) is 5.05. The van der Waals surface area contributed by atoms with Gasteiger partial charge in [-0.15, -0.1) is 11.3 Å². The van der Waals surface area contributed by atoms with E-state index in [9.17, 15) is 19.6 Å². The van der Waals surface area contributed by atoms with Crippen molar-refractivity contribution in [1.29, 1.82) is 0 Å². The number of thiazole rings is 1. The largest absolute Gasteiger partial charge is 0.469 e. The third kappa shape index (κ3) is 3.84. The number of rotatable bonds is 5. The van der Waals surface area contributed by atoms with E-state index >= 15 is 0 Å². The van der Waals surface area contributed by atoms with Gasteiger partial charge in [0.05, 0.1) is 6.61 Å². The van der Waals surface area contributed by atoms with Crippen LogP contribution in [0.4, 0.5) is 0 Å². The van der Waals surface area contributed by atoms with Crippen LogP contribution in [-0.4, -0.2) is 55.8 Å². The number of ether oxygens (including phenoxy) is 1. The fourth-order valence-corrected chi connectivity index (χ4v) is 3.02. The first-order chi connectivity index (χ1) is 9.69. The molecule has 0 radical (unpaired) electrons. The van der Waals surface area contributed by atoms with Gasteiger partial charge < -0.3 is 30.5 Å². The second-order valence-corrected chi connectivity index (χ2v) is 6.43. The molecule has 1 aliphatic rings. The van der Waals surface area contributed by atoms with Gasteiger partial charge in [0.25, 0.3) is 5.91 Å². The van der Waals surface area contributed by atoms with Crippen LogP contribution >= 0.6 is 19.2 Å². The Hall–Kier alpha value is -0.910. The Balaban J connectivity index is 2.08. The molecular formula is C9H13N2O8PS. The maximum Gasteiger partial charge on any atom is 0.469 e. The fraction of sp³-hybridized carbons (Fsp3) is 0.556. The second kappa shape index (κ2) is 6.07. The van der Waals surface area contributed by atoms with Crippen molar-refractivity contribution < 1.29 is 38.6 Å². The summed E-state index contributed by atoms with van der Waals surface area (Å²) in [6.45, 7) is -0.604. The number of carbonyl (C=O) groups excluding carboxylic acids is 1. The van der Waals surface area contributed by atoms with Gasteiger partial charge in [-0.1, -0.05) is 0 Å². The smallest absolute Gasteiger partial charge is 0.387 e. The van der Waals surface area contributed by atoms with Crippen LogP contribution in [0.3, 0.4) is 0 Å². The van der Waals surface area contributed by atoms with Crippen molar-refractivity contribution in [1.82, 2.24) is 4.98 Å². The number of primary amides is 1. The molecule has 0 spiro atoms. The first kappa shape index (κ1) is 16.5. The van der Waals surface area contributed by atoms with E-state index in [-0.39, 0.29) is 10.7 Å². The van der Waals surface area contributed by atoms with Crippen LogP contribution in [0, 0.1) is 0 Å². The van der Waals surface area contributed by atoms with Crippen LogP contribution < -0.4 is 5.73 Å². The lowest BCUT2D eigenvalue weighted by Crippen LogP contribution is -2.33. The molecular weight excluding hydrogens is 327 g/mol. The lowest BCUT2D eigenvalue weighted by molar-refractivity contribution is -0.0224. The fourth-order valence-electron chi connectivity index (χ4n) is 1.79. The Labute approximate surface area is 122 Å². The molecule has 6 N–H and O–H groups in total. The summed E-state index contributed by atoms with van der Waals surface area (Å²) < 4.78 is 20.1. The molecule has 0 bridgehead atoms. The Morgan fingerprint density at radius 1 is 1.48 bits per heavy atom. The van der Waals surface area contributed by atoms with Crippen LogP contribution in [0.15, 0.2) is 5.38 Å². The number of phosphoric acid groups is 1. The summed E-state index contributed by atoms with van der Waals surface area (Å²) in [4.78, 5) is 32.0. The standard InChI is InChI=1S/C9H13N2O8PS/c10-8(14)3-2-21-9(11-3)7-6(13)5(12)4(19-7)1-18-20(15,16)17/h2,4-7,12-13H,1H2,(H2,10,14)(H2,15,16,17)/t4-,5-,6-,7-/m1/s1. The predicted molar refractivity (Wildman–Crippen MR) is 68.3 cm³/mol. The maximum absolute atomic E-state index is 11.0. The number of hydrogen-bond acceptors (Lipinski definition) is 8. The van der Waals surface area contributed by atoms with E-state index in [1.165, 1.54) is 5.38 Å². The van der Waals surface area contributed by atoms with Crippen molar-refractivity contribution >= 4 is 25.1 Å². The molecule has 2 rings (SSSR count). The van der Waals surface area contributed by atoms with Crippen molar-refractivity contribution in [3.05, 3.63) is 16.1 Å². The number of amides is 1. The van der Waals surface area contributed by atoms with Gasteiger partial charge in [-0.05, 0) is 0 Å². The van der Waals surface area contributed by atoms with Crippen molar-refractivity contribution in [2.75, 3.05) is 6.61 Å². The van der Waals surface area contributed by atoms with Crippen LogP contribution in [-0.2, 0) is 13.8 Å². The molecule has 21 heavy (non-hydrogen) atoms. The Morgan fingerprint density at radius 2 is 2.14 bits per heavy atom. The predicted octanol–water partition coefficient (Wildman–Crippen LogP) is -1.49. The van der Waals surface area contributed by atoms with Gasteiger partial charge in [0.1, 0.15) is 35.1 Å². The van der Waals surface area contributed by atoms with E-state index in [4.69, 9.17) is 20.3 Å². The molecule has 2 heterocycles. The van der Waals surface area contributed by atoms with Crippen molar-refractivity contribution in [3.8, 4) is 0 Å². The molecule has 118 valence electrons. The average molecular weight is 340 g/mol. The molecule has 1 aliphatic heterocycles. The van der Waals surface area contributed by atoms with E-state index in [2.05, 4.69) is 9.51 Å².